The number of hydrogen-bond donors (Lipinski definition) is 1. The van der Waals surface area contributed by atoms with Gasteiger partial charge in [0.25, 0.3) is 0 Å². The summed E-state index contributed by atoms with van der Waals surface area (Å²) in [7, 11) is 1.48. The molecule has 0 aliphatic heterocycles. The summed E-state index contributed by atoms with van der Waals surface area (Å²) >= 11 is 0. The molecule has 29 heavy (non-hydrogen) atoms. The molecule has 1 unspecified atom stereocenters. The lowest BCUT2D eigenvalue weighted by Gasteiger charge is -2.47. The van der Waals surface area contributed by atoms with E-state index in [1.165, 1.54) is 32.2 Å². The molecule has 1 N–H and O–H groups in total. The molecule has 2 atom stereocenters. The largest absolute Gasteiger partial charge is 0.469 e. The molecule has 0 spiro atoms. The summed E-state index contributed by atoms with van der Waals surface area (Å²) in [5, 5.41) is 0.681. The Morgan fingerprint density at radius 2 is 2.00 bits per heavy atom. The molecule has 3 aromatic heterocycles. The smallest absolute Gasteiger partial charge is 0.309 e. The fourth-order valence-corrected chi connectivity index (χ4v) is 5.44. The minimum absolute atomic E-state index is 0.0515. The second-order valence-electron chi connectivity index (χ2n) is 8.24. The van der Waals surface area contributed by atoms with E-state index >= 15 is 0 Å². The van der Waals surface area contributed by atoms with Crippen molar-refractivity contribution in [2.45, 2.75) is 32.1 Å². The van der Waals surface area contributed by atoms with E-state index in [-0.39, 0.29) is 23.6 Å². The molecule has 0 amide bonds. The van der Waals surface area contributed by atoms with E-state index in [0.717, 1.165) is 24.1 Å². The number of H-pyrrole nitrogens is 1. The number of carbonyl (C=O) groups excluding carboxylic acids is 1. The number of halogens is 1. The quantitative estimate of drug-likeness (QED) is 0.678. The first kappa shape index (κ1) is 18.2. The van der Waals surface area contributed by atoms with Gasteiger partial charge in [-0.2, -0.15) is 0 Å². The number of hydrogen-bond acceptors (Lipinski definition) is 5. The Kier molecular flexibility index (Phi) is 4.53. The standard InChI is InChI=1S/C22H23FN4O2/c1-29-22(28)20-13-4-2-12(3-5-13)16(20)7-15-9-24-11-19(27-15)18-10-26-21-17(18)6-14(23)8-25-21/h6,8-13,16,20H,2-5,7H2,1H3,(H,25,26)/t12?,13?,16?,20-/m0/s1. The molecule has 6 rings (SSSR count). The third-order valence-electron chi connectivity index (χ3n) is 6.77. The Hall–Kier alpha value is -2.83. The number of aromatic amines is 1. The van der Waals surface area contributed by atoms with Crippen LogP contribution in [0.3, 0.4) is 0 Å². The van der Waals surface area contributed by atoms with Crippen LogP contribution < -0.4 is 0 Å². The number of fused-ring (bicyclic) bond motifs is 4. The number of pyridine rings is 1. The minimum Gasteiger partial charge on any atom is -0.469 e. The van der Waals surface area contributed by atoms with Gasteiger partial charge in [-0.05, 0) is 55.9 Å². The summed E-state index contributed by atoms with van der Waals surface area (Å²) in [6, 6.07) is 1.45. The van der Waals surface area contributed by atoms with Crippen molar-refractivity contribution >= 4 is 17.0 Å². The van der Waals surface area contributed by atoms with Gasteiger partial charge in [0.05, 0.1) is 36.8 Å². The maximum absolute atomic E-state index is 13.7. The van der Waals surface area contributed by atoms with E-state index in [1.54, 1.807) is 18.6 Å². The average molecular weight is 394 g/mol. The number of methoxy groups -OCH3 is 1. The van der Waals surface area contributed by atoms with Gasteiger partial charge in [0.15, 0.2) is 0 Å². The molecule has 0 radical (unpaired) electrons. The van der Waals surface area contributed by atoms with Crippen LogP contribution in [0.5, 0.6) is 0 Å². The molecule has 6 nitrogen and oxygen atoms in total. The summed E-state index contributed by atoms with van der Waals surface area (Å²) < 4.78 is 18.8. The van der Waals surface area contributed by atoms with Crippen LogP contribution in [0.1, 0.15) is 31.4 Å². The fourth-order valence-electron chi connectivity index (χ4n) is 5.44. The summed E-state index contributed by atoms with van der Waals surface area (Å²) in [5.41, 5.74) is 2.92. The normalized spacial score (nSPS) is 26.0. The van der Waals surface area contributed by atoms with Crippen molar-refractivity contribution in [2.75, 3.05) is 7.11 Å². The second-order valence-corrected chi connectivity index (χ2v) is 8.24. The molecular weight excluding hydrogens is 371 g/mol. The lowest BCUT2D eigenvalue weighted by atomic mass is 9.57. The zero-order chi connectivity index (χ0) is 20.0. The highest BCUT2D eigenvalue weighted by Crippen LogP contribution is 2.50. The van der Waals surface area contributed by atoms with Crippen molar-refractivity contribution in [3.63, 3.8) is 0 Å². The van der Waals surface area contributed by atoms with Crippen molar-refractivity contribution in [2.24, 2.45) is 23.7 Å². The third-order valence-corrected chi connectivity index (χ3v) is 6.77. The van der Waals surface area contributed by atoms with Crippen LogP contribution in [0.2, 0.25) is 0 Å². The molecule has 3 saturated carbocycles. The van der Waals surface area contributed by atoms with E-state index in [9.17, 15) is 9.18 Å². The van der Waals surface area contributed by atoms with Crippen LogP contribution >= 0.6 is 0 Å². The van der Waals surface area contributed by atoms with Gasteiger partial charge in [0.1, 0.15) is 11.5 Å². The van der Waals surface area contributed by atoms with Crippen molar-refractivity contribution in [1.82, 2.24) is 19.9 Å². The van der Waals surface area contributed by atoms with Crippen LogP contribution in [0.15, 0.2) is 30.9 Å². The predicted octanol–water partition coefficient (Wildman–Crippen LogP) is 3.93. The zero-order valence-corrected chi connectivity index (χ0v) is 16.3. The Labute approximate surface area is 167 Å². The van der Waals surface area contributed by atoms with Crippen LogP contribution in [0, 0.1) is 29.5 Å². The van der Waals surface area contributed by atoms with Gasteiger partial charge < -0.3 is 9.72 Å². The van der Waals surface area contributed by atoms with Crippen LogP contribution in [0.4, 0.5) is 4.39 Å². The van der Waals surface area contributed by atoms with Crippen molar-refractivity contribution in [1.29, 1.82) is 0 Å². The van der Waals surface area contributed by atoms with Gasteiger partial charge in [0.2, 0.25) is 0 Å². The summed E-state index contributed by atoms with van der Waals surface area (Å²) in [6.07, 6.45) is 11.7. The van der Waals surface area contributed by atoms with Crippen LogP contribution in [0.25, 0.3) is 22.3 Å². The fraction of sp³-hybridized carbons (Fsp3) is 0.455. The van der Waals surface area contributed by atoms with Gasteiger partial charge in [-0.3, -0.25) is 9.78 Å². The number of carbonyl (C=O) groups is 1. The molecule has 3 heterocycles. The molecule has 3 aromatic rings. The van der Waals surface area contributed by atoms with E-state index in [2.05, 4.69) is 15.0 Å². The van der Waals surface area contributed by atoms with E-state index in [0.29, 0.717) is 35.0 Å². The first-order valence-corrected chi connectivity index (χ1v) is 10.2. The Morgan fingerprint density at radius 1 is 1.21 bits per heavy atom. The number of esters is 1. The lowest BCUT2D eigenvalue weighted by Crippen LogP contribution is -2.45. The molecule has 3 fully saturated rings. The van der Waals surface area contributed by atoms with Gasteiger partial charge in [-0.15, -0.1) is 0 Å². The second kappa shape index (κ2) is 7.21. The minimum atomic E-state index is -0.387. The van der Waals surface area contributed by atoms with Gasteiger partial charge in [-0.1, -0.05) is 0 Å². The topological polar surface area (TPSA) is 80.8 Å². The third kappa shape index (κ3) is 3.18. The first-order valence-electron chi connectivity index (χ1n) is 10.2. The Morgan fingerprint density at radius 3 is 2.79 bits per heavy atom. The van der Waals surface area contributed by atoms with E-state index in [4.69, 9.17) is 9.72 Å². The molecule has 3 aliphatic carbocycles. The maximum atomic E-state index is 13.7. The van der Waals surface area contributed by atoms with Crippen molar-refractivity contribution in [3.05, 3.63) is 42.4 Å². The van der Waals surface area contributed by atoms with Crippen LogP contribution in [-0.2, 0) is 16.0 Å². The highest BCUT2D eigenvalue weighted by molar-refractivity contribution is 5.92. The van der Waals surface area contributed by atoms with Gasteiger partial charge >= 0.3 is 5.97 Å². The number of ether oxygens (including phenoxy) is 1. The summed E-state index contributed by atoms with van der Waals surface area (Å²) in [6.45, 7) is 0. The zero-order valence-electron chi connectivity index (χ0n) is 16.3. The Bertz CT molecular complexity index is 1060. The first-order chi connectivity index (χ1) is 14.1. The predicted molar refractivity (Wildman–Crippen MR) is 105 cm³/mol. The molecule has 0 saturated heterocycles. The van der Waals surface area contributed by atoms with Crippen molar-refractivity contribution < 1.29 is 13.9 Å². The summed E-state index contributed by atoms with van der Waals surface area (Å²) in [5.74, 6) is 0.649. The molecule has 0 aromatic carbocycles. The molecule has 150 valence electrons. The number of aromatic nitrogens is 4. The highest BCUT2D eigenvalue weighted by Gasteiger charge is 2.47. The molecule has 3 aliphatic rings. The summed E-state index contributed by atoms with van der Waals surface area (Å²) in [4.78, 5) is 28.8. The lowest BCUT2D eigenvalue weighted by molar-refractivity contribution is -0.156. The molecule has 2 bridgehead atoms. The van der Waals surface area contributed by atoms with Crippen LogP contribution in [-0.4, -0.2) is 33.0 Å². The van der Waals surface area contributed by atoms with E-state index in [1.807, 2.05) is 0 Å². The maximum Gasteiger partial charge on any atom is 0.309 e. The van der Waals surface area contributed by atoms with Gasteiger partial charge in [0, 0.05) is 23.3 Å². The Balaban J connectivity index is 1.46. The van der Waals surface area contributed by atoms with Crippen molar-refractivity contribution in [3.8, 4) is 11.3 Å². The number of nitrogens with one attached hydrogen (secondary N) is 1. The number of nitrogens with zero attached hydrogens (tertiary/aromatic N) is 3. The van der Waals surface area contributed by atoms with Gasteiger partial charge in [-0.25, -0.2) is 14.4 Å². The average Bonchev–Trinajstić information content (AvgIpc) is 3.17. The molecule has 7 heteroatoms. The highest BCUT2D eigenvalue weighted by atomic mass is 19.1. The number of rotatable bonds is 4. The van der Waals surface area contributed by atoms with E-state index < -0.39 is 0 Å². The molecular formula is C22H23FN4O2. The monoisotopic (exact) mass is 394 g/mol. The SMILES string of the molecule is COC(=O)[C@H]1C2CCC(CC2)C1Cc1cncc(-c2c[nH]c3ncc(F)cc23)n1.